The Morgan fingerprint density at radius 2 is 1.90 bits per heavy atom. The molecule has 6 heteroatoms. The Bertz CT molecular complexity index is 821. The van der Waals surface area contributed by atoms with E-state index in [1.165, 1.54) is 0 Å². The third-order valence-electron chi connectivity index (χ3n) is 3.14. The predicted molar refractivity (Wildman–Crippen MR) is 81.6 cm³/mol. The maximum Gasteiger partial charge on any atom is 0.284 e. The van der Waals surface area contributed by atoms with Crippen LogP contribution in [0.3, 0.4) is 0 Å². The fourth-order valence-electron chi connectivity index (χ4n) is 2.05. The van der Waals surface area contributed by atoms with Crippen LogP contribution in [0.2, 0.25) is 0 Å². The Hall–Kier alpha value is -2.47. The van der Waals surface area contributed by atoms with E-state index in [1.54, 1.807) is 7.11 Å². The number of benzene rings is 1. The third-order valence-corrected chi connectivity index (χ3v) is 3.31. The summed E-state index contributed by atoms with van der Waals surface area (Å²) in [6.45, 7) is 1.91. The van der Waals surface area contributed by atoms with Crippen molar-refractivity contribution in [2.24, 2.45) is 0 Å². The van der Waals surface area contributed by atoms with Gasteiger partial charge < -0.3 is 9.15 Å². The van der Waals surface area contributed by atoms with Gasteiger partial charge in [0.25, 0.3) is 4.84 Å². The van der Waals surface area contributed by atoms with Gasteiger partial charge in [-0.15, -0.1) is 5.10 Å². The number of ether oxygens (including phenoxy) is 1. The summed E-state index contributed by atoms with van der Waals surface area (Å²) in [6, 6.07) is 11.6. The minimum absolute atomic E-state index is 0.253. The number of pyridine rings is 1. The molecule has 106 valence electrons. The zero-order valence-electron chi connectivity index (χ0n) is 11.6. The van der Waals surface area contributed by atoms with E-state index in [9.17, 15) is 0 Å². The molecule has 0 amide bonds. The maximum atomic E-state index is 5.32. The van der Waals surface area contributed by atoms with Crippen LogP contribution in [0, 0.1) is 11.8 Å². The molecule has 2 aromatic heterocycles. The van der Waals surface area contributed by atoms with Crippen molar-refractivity contribution in [2.45, 2.75) is 6.92 Å². The van der Waals surface area contributed by atoms with Crippen molar-refractivity contribution in [1.29, 1.82) is 0 Å². The first-order valence-corrected chi connectivity index (χ1v) is 6.76. The normalized spacial score (nSPS) is 10.6. The molecule has 1 N–H and O–H groups in total. The highest BCUT2D eigenvalue weighted by atomic mass is 32.1. The number of nitrogens with one attached hydrogen (secondary N) is 1. The highest BCUT2D eigenvalue weighted by Crippen LogP contribution is 2.25. The van der Waals surface area contributed by atoms with Gasteiger partial charge in [-0.25, -0.2) is 5.10 Å². The Morgan fingerprint density at radius 1 is 1.14 bits per heavy atom. The van der Waals surface area contributed by atoms with Crippen molar-refractivity contribution in [1.82, 2.24) is 15.2 Å². The van der Waals surface area contributed by atoms with Crippen molar-refractivity contribution in [3.8, 4) is 28.5 Å². The summed E-state index contributed by atoms with van der Waals surface area (Å²) in [6.07, 6.45) is 0. The molecule has 21 heavy (non-hydrogen) atoms. The van der Waals surface area contributed by atoms with E-state index in [0.717, 1.165) is 28.3 Å². The molecule has 0 aliphatic rings. The summed E-state index contributed by atoms with van der Waals surface area (Å²) in [5, 5.41) is 6.63. The number of hydrogen-bond acceptors (Lipinski definition) is 5. The quantitative estimate of drug-likeness (QED) is 0.746. The van der Waals surface area contributed by atoms with Gasteiger partial charge in [-0.2, -0.15) is 0 Å². The van der Waals surface area contributed by atoms with Crippen LogP contribution in [0.5, 0.6) is 5.75 Å². The summed E-state index contributed by atoms with van der Waals surface area (Å²) in [4.78, 5) is 4.85. The van der Waals surface area contributed by atoms with Gasteiger partial charge in [0, 0.05) is 5.56 Å². The Kier molecular flexibility index (Phi) is 3.53. The molecule has 1 aromatic carbocycles. The number of hydrogen-bond donors (Lipinski definition) is 1. The van der Waals surface area contributed by atoms with Gasteiger partial charge in [0.05, 0.1) is 24.1 Å². The molecule has 2 heterocycles. The van der Waals surface area contributed by atoms with Gasteiger partial charge in [-0.3, -0.25) is 4.98 Å². The minimum atomic E-state index is 0.253. The van der Waals surface area contributed by atoms with Gasteiger partial charge in [0.1, 0.15) is 5.75 Å². The largest absolute Gasteiger partial charge is 0.497 e. The molecule has 0 saturated carbocycles. The number of methoxy groups -OCH3 is 1. The molecule has 0 radical (unpaired) electrons. The van der Waals surface area contributed by atoms with E-state index < -0.39 is 0 Å². The van der Waals surface area contributed by atoms with Gasteiger partial charge >= 0.3 is 0 Å². The van der Waals surface area contributed by atoms with Crippen LogP contribution in [0.25, 0.3) is 22.7 Å². The van der Waals surface area contributed by atoms with E-state index in [0.29, 0.717) is 5.89 Å². The molecular weight excluding hydrogens is 286 g/mol. The summed E-state index contributed by atoms with van der Waals surface area (Å²) < 4.78 is 10.5. The highest BCUT2D eigenvalue weighted by Gasteiger charge is 2.10. The van der Waals surface area contributed by atoms with Gasteiger partial charge in [0.2, 0.25) is 5.89 Å². The topological polar surface area (TPSA) is 63.9 Å². The first-order chi connectivity index (χ1) is 10.2. The molecule has 0 fully saturated rings. The second kappa shape index (κ2) is 5.49. The van der Waals surface area contributed by atoms with Crippen LogP contribution < -0.4 is 4.74 Å². The van der Waals surface area contributed by atoms with Gasteiger partial charge in [-0.1, -0.05) is 0 Å². The van der Waals surface area contributed by atoms with Crippen LogP contribution in [-0.2, 0) is 0 Å². The van der Waals surface area contributed by atoms with Gasteiger partial charge in [-0.05, 0) is 55.5 Å². The SMILES string of the molecule is COc1ccc(-c2ccc(-c3n[nH]c(=S)o3)c(C)n2)cc1. The van der Waals surface area contributed by atoms with Crippen molar-refractivity contribution >= 4 is 12.2 Å². The summed E-state index contributed by atoms with van der Waals surface area (Å²) >= 11 is 4.89. The van der Waals surface area contributed by atoms with Crippen LogP contribution in [-0.4, -0.2) is 22.3 Å². The molecule has 0 bridgehead atoms. The molecule has 0 unspecified atom stereocenters. The number of H-pyrrole nitrogens is 1. The third kappa shape index (κ3) is 2.71. The first kappa shape index (κ1) is 13.5. The zero-order chi connectivity index (χ0) is 14.8. The standard InChI is InChI=1S/C15H13N3O2S/c1-9-12(14-17-18-15(21)20-14)7-8-13(16-9)10-3-5-11(19-2)6-4-10/h3-8H,1-2H3,(H,18,21). The molecular formula is C15H13N3O2S. The number of aromatic amines is 1. The van der Waals surface area contributed by atoms with E-state index in [4.69, 9.17) is 21.4 Å². The summed E-state index contributed by atoms with van der Waals surface area (Å²) in [5.74, 6) is 1.27. The lowest BCUT2D eigenvalue weighted by atomic mass is 10.1. The molecule has 3 rings (SSSR count). The summed E-state index contributed by atoms with van der Waals surface area (Å²) in [5.41, 5.74) is 3.55. The fourth-order valence-corrected chi connectivity index (χ4v) is 2.18. The molecule has 3 aromatic rings. The second-order valence-corrected chi connectivity index (χ2v) is 4.85. The number of rotatable bonds is 3. The van der Waals surface area contributed by atoms with Crippen LogP contribution in [0.15, 0.2) is 40.8 Å². The Balaban J connectivity index is 1.98. The van der Waals surface area contributed by atoms with Crippen LogP contribution >= 0.6 is 12.2 Å². The smallest absolute Gasteiger partial charge is 0.284 e. The molecule has 0 spiro atoms. The molecule has 0 aliphatic carbocycles. The fraction of sp³-hybridized carbons (Fsp3) is 0.133. The monoisotopic (exact) mass is 299 g/mol. The van der Waals surface area contributed by atoms with Crippen LogP contribution in [0.1, 0.15) is 5.69 Å². The minimum Gasteiger partial charge on any atom is -0.497 e. The van der Waals surface area contributed by atoms with Crippen LogP contribution in [0.4, 0.5) is 0 Å². The number of aromatic nitrogens is 3. The van der Waals surface area contributed by atoms with E-state index >= 15 is 0 Å². The summed E-state index contributed by atoms with van der Waals surface area (Å²) in [7, 11) is 1.65. The lowest BCUT2D eigenvalue weighted by molar-refractivity contribution is 0.415. The average Bonchev–Trinajstić information content (AvgIpc) is 2.93. The van der Waals surface area contributed by atoms with E-state index in [1.807, 2.05) is 43.3 Å². The lowest BCUT2D eigenvalue weighted by Crippen LogP contribution is -1.92. The van der Waals surface area contributed by atoms with Crippen molar-refractivity contribution in [3.05, 3.63) is 46.9 Å². The van der Waals surface area contributed by atoms with Crippen molar-refractivity contribution < 1.29 is 9.15 Å². The van der Waals surface area contributed by atoms with Crippen molar-refractivity contribution in [2.75, 3.05) is 7.11 Å². The molecule has 0 saturated heterocycles. The molecule has 0 atom stereocenters. The molecule has 5 nitrogen and oxygen atoms in total. The first-order valence-electron chi connectivity index (χ1n) is 6.35. The molecule has 0 aliphatic heterocycles. The Morgan fingerprint density at radius 3 is 2.48 bits per heavy atom. The average molecular weight is 299 g/mol. The lowest BCUT2D eigenvalue weighted by Gasteiger charge is -2.06. The Labute approximate surface area is 126 Å². The number of nitrogens with zero attached hydrogens (tertiary/aromatic N) is 2. The van der Waals surface area contributed by atoms with Gasteiger partial charge in [0.15, 0.2) is 0 Å². The maximum absolute atomic E-state index is 5.32. The second-order valence-electron chi connectivity index (χ2n) is 4.48. The van der Waals surface area contributed by atoms with E-state index in [2.05, 4.69) is 15.2 Å². The van der Waals surface area contributed by atoms with Crippen molar-refractivity contribution in [3.63, 3.8) is 0 Å². The predicted octanol–water partition coefficient (Wildman–Crippen LogP) is 3.78. The van der Waals surface area contributed by atoms with E-state index in [-0.39, 0.29) is 4.84 Å². The number of aryl methyl sites for hydroxylation is 1. The zero-order valence-corrected chi connectivity index (χ0v) is 12.4. The highest BCUT2D eigenvalue weighted by molar-refractivity contribution is 7.71.